The molecule has 0 radical (unpaired) electrons. The summed E-state index contributed by atoms with van der Waals surface area (Å²) >= 11 is 11.7. The van der Waals surface area contributed by atoms with Gasteiger partial charge in [-0.1, -0.05) is 35.3 Å². The van der Waals surface area contributed by atoms with Crippen LogP contribution in [0.4, 0.5) is 0 Å². The Morgan fingerprint density at radius 3 is 2.82 bits per heavy atom. The van der Waals surface area contributed by atoms with E-state index in [0.717, 1.165) is 16.9 Å². The lowest BCUT2D eigenvalue weighted by molar-refractivity contribution is 0.304. The van der Waals surface area contributed by atoms with Gasteiger partial charge in [0.15, 0.2) is 0 Å². The van der Waals surface area contributed by atoms with Crippen LogP contribution in [0, 0.1) is 6.92 Å². The zero-order valence-corrected chi connectivity index (χ0v) is 10.8. The van der Waals surface area contributed by atoms with Gasteiger partial charge in [-0.3, -0.25) is 0 Å². The maximum atomic E-state index is 5.90. The molecule has 1 aromatic carbocycles. The van der Waals surface area contributed by atoms with Gasteiger partial charge in [-0.2, -0.15) is 0 Å². The minimum atomic E-state index is 0.427. The first-order chi connectivity index (χ1) is 8.15. The maximum absolute atomic E-state index is 5.90. The maximum Gasteiger partial charge on any atom is 0.132 e. The van der Waals surface area contributed by atoms with Gasteiger partial charge in [-0.15, -0.1) is 0 Å². The summed E-state index contributed by atoms with van der Waals surface area (Å²) in [4.78, 5) is 3.97. The Morgan fingerprint density at radius 1 is 1.24 bits per heavy atom. The highest BCUT2D eigenvalue weighted by molar-refractivity contribution is 6.30. The Morgan fingerprint density at radius 2 is 2.06 bits per heavy atom. The van der Waals surface area contributed by atoms with Crippen LogP contribution in [0.15, 0.2) is 36.5 Å². The summed E-state index contributed by atoms with van der Waals surface area (Å²) in [7, 11) is 0. The Balaban J connectivity index is 2.09. The highest BCUT2D eigenvalue weighted by atomic mass is 35.5. The molecular weight excluding hydrogens is 257 g/mol. The lowest BCUT2D eigenvalue weighted by Gasteiger charge is -2.09. The molecule has 2 aromatic rings. The van der Waals surface area contributed by atoms with Crippen molar-refractivity contribution in [3.63, 3.8) is 0 Å². The number of halogens is 2. The molecule has 1 heterocycles. The van der Waals surface area contributed by atoms with Crippen molar-refractivity contribution in [1.29, 1.82) is 0 Å². The molecule has 0 spiro atoms. The minimum Gasteiger partial charge on any atom is -0.488 e. The zero-order valence-electron chi connectivity index (χ0n) is 9.28. The number of rotatable bonds is 3. The highest BCUT2D eigenvalue weighted by Gasteiger charge is 2.02. The van der Waals surface area contributed by atoms with Crippen LogP contribution >= 0.6 is 23.2 Å². The molecule has 0 aliphatic carbocycles. The molecule has 0 aliphatic rings. The predicted molar refractivity (Wildman–Crippen MR) is 69.8 cm³/mol. The van der Waals surface area contributed by atoms with E-state index in [1.807, 2.05) is 31.2 Å². The van der Waals surface area contributed by atoms with Crippen molar-refractivity contribution in [1.82, 2.24) is 4.98 Å². The molecule has 0 aliphatic heterocycles. The van der Waals surface area contributed by atoms with Crippen molar-refractivity contribution in [2.45, 2.75) is 13.5 Å². The normalized spacial score (nSPS) is 10.3. The number of aryl methyl sites for hydroxylation is 1. The quantitative estimate of drug-likeness (QED) is 0.775. The Bertz CT molecular complexity index is 529. The first kappa shape index (κ1) is 12.2. The van der Waals surface area contributed by atoms with Crippen LogP contribution in [0.1, 0.15) is 11.1 Å². The van der Waals surface area contributed by atoms with Crippen LogP contribution in [0.25, 0.3) is 0 Å². The first-order valence-corrected chi connectivity index (χ1v) is 5.90. The Labute approximate surface area is 110 Å². The molecule has 0 atom stereocenters. The van der Waals surface area contributed by atoms with E-state index in [1.165, 1.54) is 0 Å². The molecule has 0 bridgehead atoms. The number of benzene rings is 1. The van der Waals surface area contributed by atoms with Gasteiger partial charge >= 0.3 is 0 Å². The van der Waals surface area contributed by atoms with Crippen molar-refractivity contribution < 1.29 is 4.74 Å². The van der Waals surface area contributed by atoms with E-state index >= 15 is 0 Å². The SMILES string of the molecule is Cc1cnc(Cl)cc1OCc1cccc(Cl)c1. The molecule has 0 unspecified atom stereocenters. The molecule has 0 amide bonds. The molecule has 0 saturated heterocycles. The van der Waals surface area contributed by atoms with E-state index in [-0.39, 0.29) is 0 Å². The fourth-order valence-corrected chi connectivity index (χ4v) is 1.79. The lowest BCUT2D eigenvalue weighted by atomic mass is 10.2. The molecular formula is C13H11Cl2NO. The van der Waals surface area contributed by atoms with Crippen molar-refractivity contribution in [2.75, 3.05) is 0 Å². The van der Waals surface area contributed by atoms with Crippen LogP contribution in [0.5, 0.6) is 5.75 Å². The van der Waals surface area contributed by atoms with Crippen molar-refractivity contribution in [3.8, 4) is 5.75 Å². The van der Waals surface area contributed by atoms with E-state index in [1.54, 1.807) is 12.3 Å². The third-order valence-corrected chi connectivity index (χ3v) is 2.75. The fraction of sp³-hybridized carbons (Fsp3) is 0.154. The number of nitrogens with zero attached hydrogens (tertiary/aromatic N) is 1. The molecule has 0 N–H and O–H groups in total. The molecule has 0 fully saturated rings. The van der Waals surface area contributed by atoms with E-state index in [2.05, 4.69) is 4.98 Å². The average molecular weight is 268 g/mol. The molecule has 17 heavy (non-hydrogen) atoms. The van der Waals surface area contributed by atoms with Gasteiger partial charge in [0.05, 0.1) is 0 Å². The van der Waals surface area contributed by atoms with Crippen LogP contribution in [0.3, 0.4) is 0 Å². The first-order valence-electron chi connectivity index (χ1n) is 5.14. The fourth-order valence-electron chi connectivity index (χ4n) is 1.42. The van der Waals surface area contributed by atoms with E-state index in [0.29, 0.717) is 16.8 Å². The van der Waals surface area contributed by atoms with Gasteiger partial charge in [0.1, 0.15) is 17.5 Å². The lowest BCUT2D eigenvalue weighted by Crippen LogP contribution is -1.97. The third-order valence-electron chi connectivity index (χ3n) is 2.30. The van der Waals surface area contributed by atoms with E-state index < -0.39 is 0 Å². The summed E-state index contributed by atoms with van der Waals surface area (Å²) in [5, 5.41) is 1.13. The second-order valence-corrected chi connectivity index (χ2v) is 4.51. The Kier molecular flexibility index (Phi) is 3.87. The smallest absolute Gasteiger partial charge is 0.132 e. The number of ether oxygens (including phenoxy) is 1. The molecule has 1 aromatic heterocycles. The average Bonchev–Trinajstić information content (AvgIpc) is 2.30. The van der Waals surface area contributed by atoms with E-state index in [9.17, 15) is 0 Å². The largest absolute Gasteiger partial charge is 0.488 e. The Hall–Kier alpha value is -1.25. The van der Waals surface area contributed by atoms with Crippen LogP contribution in [-0.4, -0.2) is 4.98 Å². The summed E-state index contributed by atoms with van der Waals surface area (Å²) in [6.07, 6.45) is 1.69. The number of hydrogen-bond donors (Lipinski definition) is 0. The summed E-state index contributed by atoms with van der Waals surface area (Å²) in [5.41, 5.74) is 1.97. The zero-order chi connectivity index (χ0) is 12.3. The second-order valence-electron chi connectivity index (χ2n) is 3.69. The molecule has 2 rings (SSSR count). The molecule has 88 valence electrons. The summed E-state index contributed by atoms with van der Waals surface area (Å²) in [6.45, 7) is 2.39. The van der Waals surface area contributed by atoms with Crippen molar-refractivity contribution in [2.24, 2.45) is 0 Å². The molecule has 2 nitrogen and oxygen atoms in total. The van der Waals surface area contributed by atoms with Gasteiger partial charge in [-0.05, 0) is 24.6 Å². The summed E-state index contributed by atoms with van der Waals surface area (Å²) in [5.74, 6) is 0.741. The minimum absolute atomic E-state index is 0.427. The molecule has 4 heteroatoms. The van der Waals surface area contributed by atoms with Gasteiger partial charge < -0.3 is 4.74 Å². The number of hydrogen-bond acceptors (Lipinski definition) is 2. The summed E-state index contributed by atoms with van der Waals surface area (Å²) < 4.78 is 5.68. The van der Waals surface area contributed by atoms with Gasteiger partial charge in [-0.25, -0.2) is 4.98 Å². The van der Waals surface area contributed by atoms with Crippen LogP contribution in [0.2, 0.25) is 10.2 Å². The predicted octanol–water partition coefficient (Wildman–Crippen LogP) is 4.28. The second kappa shape index (κ2) is 5.39. The van der Waals surface area contributed by atoms with Crippen molar-refractivity contribution in [3.05, 3.63) is 57.8 Å². The number of pyridine rings is 1. The topological polar surface area (TPSA) is 22.1 Å². The van der Waals surface area contributed by atoms with Gasteiger partial charge in [0.25, 0.3) is 0 Å². The van der Waals surface area contributed by atoms with Gasteiger partial charge in [0, 0.05) is 22.8 Å². The summed E-state index contributed by atoms with van der Waals surface area (Å²) in [6, 6.07) is 9.28. The molecule has 0 saturated carbocycles. The van der Waals surface area contributed by atoms with Crippen molar-refractivity contribution >= 4 is 23.2 Å². The monoisotopic (exact) mass is 267 g/mol. The van der Waals surface area contributed by atoms with Crippen LogP contribution in [-0.2, 0) is 6.61 Å². The standard InChI is InChI=1S/C13H11Cl2NO/c1-9-7-16-13(15)6-12(9)17-8-10-3-2-4-11(14)5-10/h2-7H,8H2,1H3. The third kappa shape index (κ3) is 3.35. The number of aromatic nitrogens is 1. The van der Waals surface area contributed by atoms with E-state index in [4.69, 9.17) is 27.9 Å². The van der Waals surface area contributed by atoms with Crippen LogP contribution < -0.4 is 4.74 Å². The van der Waals surface area contributed by atoms with Gasteiger partial charge in [0.2, 0.25) is 0 Å². The highest BCUT2D eigenvalue weighted by Crippen LogP contribution is 2.21.